The third-order valence-electron chi connectivity index (χ3n) is 6.08. The molecular formula is C20H33IN6O. The number of likely N-dealkylation sites (tertiary alicyclic amines) is 1. The molecule has 1 spiro atoms. The second-order valence-electron chi connectivity index (χ2n) is 8.26. The molecule has 3 aliphatic heterocycles. The van der Waals surface area contributed by atoms with Crippen molar-refractivity contribution in [2.45, 2.75) is 58.4 Å². The van der Waals surface area contributed by atoms with Crippen molar-refractivity contribution < 1.29 is 4.79 Å². The normalized spacial score (nSPS) is 24.7. The average Bonchev–Trinajstić information content (AvgIpc) is 3.24. The summed E-state index contributed by atoms with van der Waals surface area (Å²) in [5.74, 6) is 2.42. The van der Waals surface area contributed by atoms with Crippen LogP contribution in [0.25, 0.3) is 0 Å². The van der Waals surface area contributed by atoms with Crippen LogP contribution in [0.3, 0.4) is 0 Å². The second-order valence-corrected chi connectivity index (χ2v) is 8.26. The molecular weight excluding hydrogens is 467 g/mol. The molecule has 0 aliphatic carbocycles. The number of carbonyl (C=O) groups is 1. The van der Waals surface area contributed by atoms with Gasteiger partial charge in [0.05, 0.1) is 5.69 Å². The van der Waals surface area contributed by atoms with Gasteiger partial charge in [0.1, 0.15) is 5.82 Å². The first-order valence-electron chi connectivity index (χ1n) is 10.5. The number of nitrogens with zero attached hydrogens (tertiary/aromatic N) is 4. The molecule has 1 aromatic heterocycles. The third-order valence-corrected chi connectivity index (χ3v) is 6.08. The molecule has 1 atom stereocenters. The van der Waals surface area contributed by atoms with Gasteiger partial charge in [0.15, 0.2) is 5.96 Å². The van der Waals surface area contributed by atoms with Gasteiger partial charge in [-0.05, 0) is 32.6 Å². The largest absolute Gasteiger partial charge is 0.357 e. The Bertz CT molecular complexity index is 694. The van der Waals surface area contributed by atoms with Gasteiger partial charge < -0.3 is 20.1 Å². The standard InChI is InChI=1S/C20H32N6O.HI/c1-2-21-19(26-11-5-8-20(15-26)12-18(27)23-14-20)22-9-7-16-13-25-10-4-3-6-17(25)24-16;/h13H,2-12,14-15H2,1H3,(H,21,22)(H,23,27);1H. The molecule has 2 saturated heterocycles. The first-order valence-corrected chi connectivity index (χ1v) is 10.5. The highest BCUT2D eigenvalue weighted by molar-refractivity contribution is 14.0. The molecule has 1 unspecified atom stereocenters. The topological polar surface area (TPSA) is 74.6 Å². The lowest BCUT2D eigenvalue weighted by molar-refractivity contribution is -0.119. The monoisotopic (exact) mass is 500 g/mol. The maximum atomic E-state index is 11.7. The van der Waals surface area contributed by atoms with Gasteiger partial charge in [-0.2, -0.15) is 0 Å². The summed E-state index contributed by atoms with van der Waals surface area (Å²) in [6.45, 7) is 7.56. The Kier molecular flexibility index (Phi) is 7.22. The zero-order valence-electron chi connectivity index (χ0n) is 16.9. The highest BCUT2D eigenvalue weighted by Crippen LogP contribution is 2.36. The van der Waals surface area contributed by atoms with E-state index in [1.807, 2.05) is 0 Å². The highest BCUT2D eigenvalue weighted by atomic mass is 127. The molecule has 0 bridgehead atoms. The van der Waals surface area contributed by atoms with Gasteiger partial charge in [-0.15, -0.1) is 24.0 Å². The van der Waals surface area contributed by atoms with Crippen LogP contribution >= 0.6 is 24.0 Å². The number of aryl methyl sites for hydroxylation is 2. The molecule has 156 valence electrons. The van der Waals surface area contributed by atoms with Crippen LogP contribution in [0.1, 0.15) is 50.5 Å². The SMILES string of the molecule is CCNC(=NCCc1cn2c(n1)CCCC2)N1CCCC2(CNC(=O)C2)C1.I. The Labute approximate surface area is 184 Å². The van der Waals surface area contributed by atoms with Crippen molar-refractivity contribution in [1.29, 1.82) is 0 Å². The van der Waals surface area contributed by atoms with Crippen molar-refractivity contribution in [2.24, 2.45) is 10.4 Å². The van der Waals surface area contributed by atoms with E-state index in [1.54, 1.807) is 0 Å². The first kappa shape index (κ1) is 21.4. The van der Waals surface area contributed by atoms with Crippen molar-refractivity contribution in [3.63, 3.8) is 0 Å². The van der Waals surface area contributed by atoms with Gasteiger partial charge in [-0.25, -0.2) is 4.98 Å². The molecule has 2 N–H and O–H groups in total. The summed E-state index contributed by atoms with van der Waals surface area (Å²) in [5, 5.41) is 6.47. The summed E-state index contributed by atoms with van der Waals surface area (Å²) < 4.78 is 2.31. The van der Waals surface area contributed by atoms with Crippen LogP contribution in [-0.2, 0) is 24.2 Å². The fourth-order valence-corrected chi connectivity index (χ4v) is 4.72. The number of carbonyl (C=O) groups excluding carboxylic acids is 1. The van der Waals surface area contributed by atoms with Gasteiger partial charge >= 0.3 is 0 Å². The molecule has 28 heavy (non-hydrogen) atoms. The van der Waals surface area contributed by atoms with E-state index < -0.39 is 0 Å². The van der Waals surface area contributed by atoms with Crippen LogP contribution in [0, 0.1) is 5.41 Å². The fraction of sp³-hybridized carbons (Fsp3) is 0.750. The number of amides is 1. The van der Waals surface area contributed by atoms with Crippen molar-refractivity contribution >= 4 is 35.8 Å². The van der Waals surface area contributed by atoms with Crippen molar-refractivity contribution in [2.75, 3.05) is 32.7 Å². The van der Waals surface area contributed by atoms with Crippen LogP contribution in [-0.4, -0.2) is 59.0 Å². The Morgan fingerprint density at radius 3 is 3.00 bits per heavy atom. The maximum Gasteiger partial charge on any atom is 0.220 e. The number of aromatic nitrogens is 2. The number of nitrogens with one attached hydrogen (secondary N) is 2. The van der Waals surface area contributed by atoms with Gasteiger partial charge in [-0.3, -0.25) is 9.79 Å². The number of imidazole rings is 1. The molecule has 2 fully saturated rings. The van der Waals surface area contributed by atoms with Crippen LogP contribution in [0.4, 0.5) is 0 Å². The minimum absolute atomic E-state index is 0. The number of rotatable bonds is 4. The van der Waals surface area contributed by atoms with Crippen molar-refractivity contribution in [3.8, 4) is 0 Å². The first-order chi connectivity index (χ1) is 13.2. The highest BCUT2D eigenvalue weighted by Gasteiger charge is 2.42. The molecule has 1 aromatic rings. The second kappa shape index (κ2) is 9.45. The third kappa shape index (κ3) is 4.80. The summed E-state index contributed by atoms with van der Waals surface area (Å²) in [5.41, 5.74) is 1.25. The summed E-state index contributed by atoms with van der Waals surface area (Å²) in [6, 6.07) is 0. The van der Waals surface area contributed by atoms with Crippen molar-refractivity contribution in [1.82, 2.24) is 25.1 Å². The molecule has 3 aliphatic rings. The number of piperidine rings is 1. The van der Waals surface area contributed by atoms with Gasteiger partial charge in [0, 0.05) is 70.1 Å². The zero-order valence-corrected chi connectivity index (χ0v) is 19.2. The fourth-order valence-electron chi connectivity index (χ4n) is 4.72. The number of fused-ring (bicyclic) bond motifs is 1. The van der Waals surface area contributed by atoms with E-state index >= 15 is 0 Å². The van der Waals surface area contributed by atoms with E-state index in [-0.39, 0.29) is 35.3 Å². The molecule has 0 radical (unpaired) electrons. The molecule has 4 rings (SSSR count). The lowest BCUT2D eigenvalue weighted by atomic mass is 9.79. The molecule has 4 heterocycles. The summed E-state index contributed by atoms with van der Waals surface area (Å²) in [7, 11) is 0. The van der Waals surface area contributed by atoms with E-state index in [0.717, 1.165) is 76.6 Å². The van der Waals surface area contributed by atoms with Crippen LogP contribution in [0.2, 0.25) is 0 Å². The Morgan fingerprint density at radius 2 is 2.25 bits per heavy atom. The summed E-state index contributed by atoms with van der Waals surface area (Å²) >= 11 is 0. The number of hydrogen-bond acceptors (Lipinski definition) is 3. The summed E-state index contributed by atoms with van der Waals surface area (Å²) in [6.07, 6.45) is 9.62. The van der Waals surface area contributed by atoms with E-state index in [9.17, 15) is 4.79 Å². The van der Waals surface area contributed by atoms with Gasteiger partial charge in [0.25, 0.3) is 0 Å². The lowest BCUT2D eigenvalue weighted by Crippen LogP contribution is -2.51. The molecule has 0 saturated carbocycles. The Morgan fingerprint density at radius 1 is 1.36 bits per heavy atom. The smallest absolute Gasteiger partial charge is 0.220 e. The Hall–Kier alpha value is -1.32. The molecule has 1 amide bonds. The minimum atomic E-state index is 0. The Balaban J connectivity index is 0.00000225. The summed E-state index contributed by atoms with van der Waals surface area (Å²) in [4.78, 5) is 23.8. The predicted molar refractivity (Wildman–Crippen MR) is 121 cm³/mol. The average molecular weight is 500 g/mol. The molecule has 0 aromatic carbocycles. The van der Waals surface area contributed by atoms with E-state index in [0.29, 0.717) is 6.42 Å². The number of halogens is 1. The molecule has 7 nitrogen and oxygen atoms in total. The van der Waals surface area contributed by atoms with E-state index in [2.05, 4.69) is 33.2 Å². The lowest BCUT2D eigenvalue weighted by Gasteiger charge is -2.40. The van der Waals surface area contributed by atoms with Crippen LogP contribution in [0.5, 0.6) is 0 Å². The number of hydrogen-bond donors (Lipinski definition) is 2. The van der Waals surface area contributed by atoms with Crippen molar-refractivity contribution in [3.05, 3.63) is 17.7 Å². The zero-order chi connectivity index (χ0) is 18.7. The maximum absolute atomic E-state index is 11.7. The minimum Gasteiger partial charge on any atom is -0.357 e. The quantitative estimate of drug-likeness (QED) is 0.377. The molecule has 8 heteroatoms. The number of aliphatic imine (C=N–C) groups is 1. The predicted octanol–water partition coefficient (Wildman–Crippen LogP) is 1.95. The van der Waals surface area contributed by atoms with Crippen LogP contribution < -0.4 is 10.6 Å². The number of guanidine groups is 1. The van der Waals surface area contributed by atoms with Gasteiger partial charge in [-0.1, -0.05) is 0 Å². The van der Waals surface area contributed by atoms with Crippen LogP contribution in [0.15, 0.2) is 11.2 Å². The van der Waals surface area contributed by atoms with Gasteiger partial charge in [0.2, 0.25) is 5.91 Å². The van der Waals surface area contributed by atoms with E-state index in [1.165, 1.54) is 18.7 Å². The van der Waals surface area contributed by atoms with E-state index in [4.69, 9.17) is 9.98 Å².